The highest BCUT2D eigenvalue weighted by Gasteiger charge is 2.36. The maximum Gasteiger partial charge on any atom is 0.257 e. The van der Waals surface area contributed by atoms with E-state index in [9.17, 15) is 9.59 Å². The number of amides is 2. The summed E-state index contributed by atoms with van der Waals surface area (Å²) in [5.74, 6) is 1.32. The maximum absolute atomic E-state index is 13.4. The van der Waals surface area contributed by atoms with E-state index in [1.165, 1.54) is 0 Å². The Morgan fingerprint density at radius 2 is 1.67 bits per heavy atom. The van der Waals surface area contributed by atoms with Gasteiger partial charge in [0, 0.05) is 38.5 Å². The van der Waals surface area contributed by atoms with Gasteiger partial charge in [0.25, 0.3) is 5.91 Å². The number of methoxy groups -OCH3 is 1. The zero-order valence-electron chi connectivity index (χ0n) is 19.0. The minimum Gasteiger partial charge on any atom is -0.497 e. The van der Waals surface area contributed by atoms with Gasteiger partial charge >= 0.3 is 0 Å². The lowest BCUT2D eigenvalue weighted by Gasteiger charge is -2.35. The van der Waals surface area contributed by atoms with Gasteiger partial charge in [-0.3, -0.25) is 14.5 Å². The van der Waals surface area contributed by atoms with Crippen LogP contribution in [0.4, 0.5) is 0 Å². The average molecular weight is 447 g/mol. The molecule has 0 bridgehead atoms. The number of carbonyl (C=O) groups excluding carboxylic acids is 2. The van der Waals surface area contributed by atoms with Crippen molar-refractivity contribution in [3.05, 3.63) is 65.7 Å². The first kappa shape index (κ1) is 21.6. The van der Waals surface area contributed by atoms with Crippen LogP contribution in [-0.2, 0) is 9.59 Å². The molecule has 172 valence electrons. The molecule has 2 aromatic rings. The van der Waals surface area contributed by atoms with Gasteiger partial charge in [0.2, 0.25) is 5.91 Å². The van der Waals surface area contributed by atoms with Crippen molar-refractivity contribution < 1.29 is 14.3 Å². The lowest BCUT2D eigenvalue weighted by molar-refractivity contribution is -0.136. The molecule has 0 N–H and O–H groups in total. The Balaban J connectivity index is 1.29. The molecule has 0 radical (unpaired) electrons. The van der Waals surface area contributed by atoms with E-state index in [1.54, 1.807) is 12.1 Å². The highest BCUT2D eigenvalue weighted by atomic mass is 16.5. The second kappa shape index (κ2) is 9.35. The van der Waals surface area contributed by atoms with Crippen LogP contribution in [-0.4, -0.2) is 72.2 Å². The van der Waals surface area contributed by atoms with Crippen LogP contribution in [0.5, 0.6) is 5.75 Å². The fourth-order valence-electron chi connectivity index (χ4n) is 4.61. The van der Waals surface area contributed by atoms with Crippen LogP contribution < -0.4 is 4.74 Å². The fourth-order valence-corrected chi connectivity index (χ4v) is 4.61. The molecule has 33 heavy (non-hydrogen) atoms. The largest absolute Gasteiger partial charge is 0.497 e. The number of hydrogen-bond donors (Lipinski definition) is 0. The molecule has 3 aliphatic rings. The number of piperazine rings is 1. The summed E-state index contributed by atoms with van der Waals surface area (Å²) in [6.07, 6.45) is 2.73. The summed E-state index contributed by atoms with van der Waals surface area (Å²) in [5, 5.41) is 6.44. The smallest absolute Gasteiger partial charge is 0.257 e. The van der Waals surface area contributed by atoms with E-state index in [0.29, 0.717) is 26.1 Å². The van der Waals surface area contributed by atoms with Gasteiger partial charge in [-0.25, -0.2) is 5.01 Å². The summed E-state index contributed by atoms with van der Waals surface area (Å²) in [6, 6.07) is 17.8. The first-order valence-corrected chi connectivity index (χ1v) is 11.7. The van der Waals surface area contributed by atoms with Crippen LogP contribution in [0.15, 0.2) is 59.7 Å². The van der Waals surface area contributed by atoms with Crippen molar-refractivity contribution in [3.8, 4) is 5.75 Å². The predicted octanol–water partition coefficient (Wildman–Crippen LogP) is 2.93. The first-order valence-electron chi connectivity index (χ1n) is 11.7. The summed E-state index contributed by atoms with van der Waals surface area (Å²) in [6.45, 7) is 3.15. The van der Waals surface area contributed by atoms with Gasteiger partial charge in [-0.2, -0.15) is 5.10 Å². The van der Waals surface area contributed by atoms with Gasteiger partial charge in [0.05, 0.1) is 25.4 Å². The van der Waals surface area contributed by atoms with Gasteiger partial charge in [-0.1, -0.05) is 42.5 Å². The number of ether oxygens (including phenoxy) is 1. The van der Waals surface area contributed by atoms with E-state index in [2.05, 4.69) is 4.90 Å². The summed E-state index contributed by atoms with van der Waals surface area (Å²) in [7, 11) is 1.65. The number of carbonyl (C=O) groups is 2. The van der Waals surface area contributed by atoms with Crippen molar-refractivity contribution in [1.82, 2.24) is 14.8 Å². The third kappa shape index (κ3) is 4.78. The molecule has 1 atom stereocenters. The molecule has 1 aliphatic carbocycles. The zero-order valence-corrected chi connectivity index (χ0v) is 19.0. The van der Waals surface area contributed by atoms with E-state index in [0.717, 1.165) is 48.5 Å². The van der Waals surface area contributed by atoms with E-state index in [1.807, 2.05) is 59.5 Å². The third-order valence-corrected chi connectivity index (χ3v) is 6.74. The molecule has 1 saturated carbocycles. The SMILES string of the molecule is COc1ccc(C2CC(c3ccccc3)=NN2C(=O)CN2CCN(C(=O)C3CC3)CC2)cc1. The van der Waals surface area contributed by atoms with Gasteiger partial charge in [0.15, 0.2) is 0 Å². The summed E-state index contributed by atoms with van der Waals surface area (Å²) in [5.41, 5.74) is 3.00. The molecule has 7 heteroatoms. The topological polar surface area (TPSA) is 65.5 Å². The van der Waals surface area contributed by atoms with Crippen molar-refractivity contribution in [1.29, 1.82) is 0 Å². The Kier molecular flexibility index (Phi) is 6.13. The molecule has 1 unspecified atom stereocenters. The minimum absolute atomic E-state index is 0.0104. The molecule has 2 aliphatic heterocycles. The van der Waals surface area contributed by atoms with E-state index in [4.69, 9.17) is 9.84 Å². The first-order chi connectivity index (χ1) is 16.1. The van der Waals surface area contributed by atoms with Crippen LogP contribution >= 0.6 is 0 Å². The van der Waals surface area contributed by atoms with Crippen LogP contribution in [0, 0.1) is 5.92 Å². The lowest BCUT2D eigenvalue weighted by atomic mass is 9.98. The molecule has 2 heterocycles. The number of rotatable bonds is 6. The second-order valence-corrected chi connectivity index (χ2v) is 9.02. The van der Waals surface area contributed by atoms with Gasteiger partial charge < -0.3 is 9.64 Å². The molecular weight excluding hydrogens is 416 g/mol. The number of nitrogens with zero attached hydrogens (tertiary/aromatic N) is 4. The molecule has 0 spiro atoms. The summed E-state index contributed by atoms with van der Waals surface area (Å²) < 4.78 is 5.30. The number of hydrazone groups is 1. The predicted molar refractivity (Wildman–Crippen MR) is 126 cm³/mol. The lowest BCUT2D eigenvalue weighted by Crippen LogP contribution is -2.51. The van der Waals surface area contributed by atoms with E-state index in [-0.39, 0.29) is 23.8 Å². The Bertz CT molecular complexity index is 1030. The summed E-state index contributed by atoms with van der Waals surface area (Å²) >= 11 is 0. The van der Waals surface area contributed by atoms with E-state index >= 15 is 0 Å². The average Bonchev–Trinajstić information content (AvgIpc) is 3.62. The highest BCUT2D eigenvalue weighted by Crippen LogP contribution is 2.34. The molecule has 7 nitrogen and oxygen atoms in total. The molecule has 0 aromatic heterocycles. The van der Waals surface area contributed by atoms with Gasteiger partial charge in [0.1, 0.15) is 5.75 Å². The molecule has 2 amide bonds. The molecule has 5 rings (SSSR count). The fraction of sp³-hybridized carbons (Fsp3) is 0.423. The van der Waals surface area contributed by atoms with Gasteiger partial charge in [-0.15, -0.1) is 0 Å². The normalized spacial score (nSPS) is 21.1. The zero-order chi connectivity index (χ0) is 22.8. The van der Waals surface area contributed by atoms with Crippen molar-refractivity contribution in [2.24, 2.45) is 11.0 Å². The van der Waals surface area contributed by atoms with Crippen LogP contribution in [0.3, 0.4) is 0 Å². The van der Waals surface area contributed by atoms with Crippen molar-refractivity contribution in [2.75, 3.05) is 39.8 Å². The van der Waals surface area contributed by atoms with Gasteiger partial charge in [-0.05, 0) is 36.1 Å². The van der Waals surface area contributed by atoms with E-state index < -0.39 is 0 Å². The Morgan fingerprint density at radius 3 is 2.30 bits per heavy atom. The van der Waals surface area contributed by atoms with Crippen LogP contribution in [0.1, 0.15) is 36.4 Å². The second-order valence-electron chi connectivity index (χ2n) is 9.02. The summed E-state index contributed by atoms with van der Waals surface area (Å²) in [4.78, 5) is 29.8. The highest BCUT2D eigenvalue weighted by molar-refractivity contribution is 6.03. The van der Waals surface area contributed by atoms with Crippen molar-refractivity contribution >= 4 is 17.5 Å². The van der Waals surface area contributed by atoms with Crippen LogP contribution in [0.2, 0.25) is 0 Å². The van der Waals surface area contributed by atoms with Crippen molar-refractivity contribution in [2.45, 2.75) is 25.3 Å². The maximum atomic E-state index is 13.4. The quantitative estimate of drug-likeness (QED) is 0.685. The Hall–Kier alpha value is -3.19. The third-order valence-electron chi connectivity index (χ3n) is 6.74. The number of benzene rings is 2. The monoisotopic (exact) mass is 446 g/mol. The Morgan fingerprint density at radius 1 is 0.970 bits per heavy atom. The standard InChI is InChI=1S/C26H30N4O3/c1-33-22-11-9-20(10-12-22)24-17-23(19-5-3-2-4-6-19)27-30(24)25(31)18-28-13-15-29(16-14-28)26(32)21-7-8-21/h2-6,9-12,21,24H,7-8,13-18H2,1H3. The van der Waals surface area contributed by atoms with Crippen LogP contribution in [0.25, 0.3) is 0 Å². The number of hydrogen-bond acceptors (Lipinski definition) is 5. The molecule has 1 saturated heterocycles. The molecular formula is C26H30N4O3. The molecule has 2 fully saturated rings. The molecule has 2 aromatic carbocycles. The van der Waals surface area contributed by atoms with Crippen molar-refractivity contribution in [3.63, 3.8) is 0 Å². The minimum atomic E-state index is -0.142. The Labute approximate surface area is 194 Å².